The molecule has 5 aromatic carbocycles. The van der Waals surface area contributed by atoms with Crippen LogP contribution in [0.5, 0.6) is 0 Å². The third kappa shape index (κ3) is 6.53. The average Bonchev–Trinajstić information content (AvgIpc) is 3.57. The molecule has 0 aromatic heterocycles. The summed E-state index contributed by atoms with van der Waals surface area (Å²) in [6.45, 7) is 4.55. The second kappa shape index (κ2) is 13.4. The Labute approximate surface area is 247 Å². The monoisotopic (exact) mass is 597 g/mol. The molecular weight excluding hydrogens is 571 g/mol. The zero-order chi connectivity index (χ0) is 24.2. The second-order valence-electron chi connectivity index (χ2n) is 9.35. The van der Waals surface area contributed by atoms with E-state index in [4.69, 9.17) is 0 Å². The van der Waals surface area contributed by atoms with Gasteiger partial charge in [-0.05, 0) is 12.3 Å². The van der Waals surface area contributed by atoms with Gasteiger partial charge in [0.25, 0.3) is 0 Å². The quantitative estimate of drug-likeness (QED) is 0.279. The number of halogens is 2. The maximum absolute atomic E-state index is 2.39. The van der Waals surface area contributed by atoms with Gasteiger partial charge in [0.2, 0.25) is 0 Å². The maximum atomic E-state index is 2.39. The summed E-state index contributed by atoms with van der Waals surface area (Å²) in [7, 11) is 0. The molecule has 1 aliphatic rings. The summed E-state index contributed by atoms with van der Waals surface area (Å²) in [5.74, 6) is 0.553. The first-order valence-corrected chi connectivity index (χ1v) is 13.5. The van der Waals surface area contributed by atoms with Crippen LogP contribution in [0.3, 0.4) is 0 Å². The first-order chi connectivity index (χ1) is 17.1. The summed E-state index contributed by atoms with van der Waals surface area (Å²) in [5.41, 5.74) is 6.95. The van der Waals surface area contributed by atoms with Gasteiger partial charge in [-0.2, -0.15) is 0 Å². The molecule has 6 rings (SSSR count). The van der Waals surface area contributed by atoms with E-state index in [2.05, 4.69) is 135 Å². The molecule has 0 unspecified atom stereocenters. The van der Waals surface area contributed by atoms with Gasteiger partial charge in [-0.15, -0.1) is 33.7 Å². The molecule has 1 aliphatic carbocycles. The summed E-state index contributed by atoms with van der Waals surface area (Å²) < 4.78 is 1.42. The van der Waals surface area contributed by atoms with Crippen molar-refractivity contribution < 1.29 is 49.0 Å². The van der Waals surface area contributed by atoms with Gasteiger partial charge >= 0.3 is 99.2 Å². The van der Waals surface area contributed by atoms with E-state index >= 15 is 0 Å². The normalized spacial score (nSPS) is 12.0. The number of benzene rings is 4. The fraction of sp³-hybridized carbons (Fsp3) is 0.118. The molecule has 0 saturated carbocycles. The predicted octanol–water partition coefficient (Wildman–Crippen LogP) is 2.99. The Balaban J connectivity index is 0.000000210. The number of hydrogen-bond donors (Lipinski definition) is 0. The third-order valence-corrected chi connectivity index (χ3v) is 8.08. The van der Waals surface area contributed by atoms with Crippen LogP contribution < -0.4 is 24.8 Å². The second-order valence-corrected chi connectivity index (χ2v) is 10.6. The molecule has 0 fully saturated rings. The first-order valence-electron chi connectivity index (χ1n) is 12.3. The number of rotatable bonds is 4. The van der Waals surface area contributed by atoms with E-state index < -0.39 is 0 Å². The van der Waals surface area contributed by atoms with E-state index in [1.165, 1.54) is 76.8 Å². The Morgan fingerprint density at radius 2 is 1.35 bits per heavy atom. The molecule has 0 nitrogen and oxygen atoms in total. The topological polar surface area (TPSA) is 0 Å². The van der Waals surface area contributed by atoms with Crippen molar-refractivity contribution in [2.24, 2.45) is 0 Å². The minimum absolute atomic E-state index is 0. The van der Waals surface area contributed by atoms with Gasteiger partial charge in [-0.25, -0.2) is 0 Å². The SMILES string of the molecule is CC(C)c1cc(C2=CC=CC2)c2[cH-]c3ccccc3c2c1.[Cl-].[Cl-].[Zr+2]=[C](c1ccccc1)c1ccccc1. The molecule has 0 saturated heterocycles. The minimum atomic E-state index is 0. The summed E-state index contributed by atoms with van der Waals surface area (Å²) in [6, 6.07) is 37.0. The van der Waals surface area contributed by atoms with Crippen molar-refractivity contribution in [2.75, 3.05) is 0 Å². The summed E-state index contributed by atoms with van der Waals surface area (Å²) in [5, 5.41) is 5.53. The van der Waals surface area contributed by atoms with E-state index in [1.807, 2.05) is 0 Å². The van der Waals surface area contributed by atoms with E-state index in [1.54, 1.807) is 0 Å². The van der Waals surface area contributed by atoms with Crippen LogP contribution in [-0.2, 0) is 24.2 Å². The van der Waals surface area contributed by atoms with Gasteiger partial charge < -0.3 is 24.8 Å². The molecular formula is C34H29Cl2Zr-. The zero-order valence-electron chi connectivity index (χ0n) is 21.1. The van der Waals surface area contributed by atoms with Crippen LogP contribution in [0.2, 0.25) is 0 Å². The standard InChI is InChI=1S/C21H19.C13H10.2ClH.Zr/c1-14(2)17-12-19(15-7-3-4-8-15)21-11-16-9-5-6-10-18(16)20(21)13-17;1-3-7-12(8-4-1)11-13-9-5-2-6-10-13;;;/h3-7,9-14H,8H2,1-2H3;1-10H;2*1H;/q-1;;;;+2/p-2. The molecule has 0 amide bonds. The van der Waals surface area contributed by atoms with E-state index in [-0.39, 0.29) is 24.8 Å². The van der Waals surface area contributed by atoms with Crippen molar-refractivity contribution >= 4 is 30.3 Å². The third-order valence-electron chi connectivity index (χ3n) is 6.66. The first kappa shape index (κ1) is 29.1. The molecule has 184 valence electrons. The van der Waals surface area contributed by atoms with E-state index in [9.17, 15) is 0 Å². The van der Waals surface area contributed by atoms with Gasteiger partial charge in [0.15, 0.2) is 0 Å². The molecule has 0 heterocycles. The molecule has 0 atom stereocenters. The number of allylic oxidation sites excluding steroid dienone is 4. The summed E-state index contributed by atoms with van der Waals surface area (Å²) >= 11 is 1.46. The van der Waals surface area contributed by atoms with Crippen LogP contribution in [0.25, 0.3) is 27.1 Å². The molecule has 0 aliphatic heterocycles. The fourth-order valence-electron chi connectivity index (χ4n) is 4.70. The molecule has 37 heavy (non-hydrogen) atoms. The van der Waals surface area contributed by atoms with E-state index in [0.29, 0.717) is 5.92 Å². The molecule has 3 heteroatoms. The molecule has 0 radical (unpaired) electrons. The van der Waals surface area contributed by atoms with Crippen molar-refractivity contribution in [1.29, 1.82) is 0 Å². The van der Waals surface area contributed by atoms with Gasteiger partial charge in [-0.3, -0.25) is 0 Å². The summed E-state index contributed by atoms with van der Waals surface area (Å²) in [6.07, 6.45) is 7.73. The zero-order valence-corrected chi connectivity index (χ0v) is 25.1. The Morgan fingerprint density at radius 3 is 1.92 bits per heavy atom. The van der Waals surface area contributed by atoms with Crippen molar-refractivity contribution in [3.8, 4) is 0 Å². The van der Waals surface area contributed by atoms with Gasteiger partial charge in [0, 0.05) is 0 Å². The van der Waals surface area contributed by atoms with E-state index in [0.717, 1.165) is 6.42 Å². The van der Waals surface area contributed by atoms with Crippen LogP contribution in [0, 0.1) is 0 Å². The van der Waals surface area contributed by atoms with Crippen LogP contribution in [0.15, 0.2) is 121 Å². The fourth-order valence-corrected chi connectivity index (χ4v) is 5.52. The average molecular weight is 600 g/mol. The van der Waals surface area contributed by atoms with Crippen molar-refractivity contribution in [3.05, 3.63) is 144 Å². The summed E-state index contributed by atoms with van der Waals surface area (Å²) in [4.78, 5) is 0. The predicted molar refractivity (Wildman–Crippen MR) is 149 cm³/mol. The molecule has 5 aromatic rings. The van der Waals surface area contributed by atoms with Crippen molar-refractivity contribution in [1.82, 2.24) is 0 Å². The number of hydrogen-bond acceptors (Lipinski definition) is 0. The number of fused-ring (bicyclic) bond motifs is 3. The van der Waals surface area contributed by atoms with Gasteiger partial charge in [0.1, 0.15) is 0 Å². The van der Waals surface area contributed by atoms with Gasteiger partial charge in [-0.1, -0.05) is 79.1 Å². The molecule has 0 spiro atoms. The van der Waals surface area contributed by atoms with Crippen molar-refractivity contribution in [2.45, 2.75) is 26.2 Å². The van der Waals surface area contributed by atoms with Crippen LogP contribution in [0.4, 0.5) is 0 Å². The van der Waals surface area contributed by atoms with Crippen LogP contribution in [0.1, 0.15) is 48.4 Å². The Morgan fingerprint density at radius 1 is 0.757 bits per heavy atom. The molecule has 0 bridgehead atoms. The van der Waals surface area contributed by atoms with Gasteiger partial charge in [0.05, 0.1) is 0 Å². The van der Waals surface area contributed by atoms with Crippen LogP contribution >= 0.6 is 0 Å². The Hall–Kier alpha value is -2.44. The molecule has 0 N–H and O–H groups in total. The Bertz CT molecular complexity index is 1500. The van der Waals surface area contributed by atoms with Crippen LogP contribution in [-0.4, -0.2) is 3.21 Å². The van der Waals surface area contributed by atoms with Crippen molar-refractivity contribution in [3.63, 3.8) is 0 Å². The Kier molecular flexibility index (Phi) is 10.5.